The Balaban J connectivity index is 1.74. The van der Waals surface area contributed by atoms with Crippen LogP contribution >= 0.6 is 11.6 Å². The highest BCUT2D eigenvalue weighted by molar-refractivity contribution is 6.29. The van der Waals surface area contributed by atoms with Crippen LogP contribution in [-0.4, -0.2) is 32.7 Å². The van der Waals surface area contributed by atoms with E-state index in [1.54, 1.807) is 12.1 Å². The number of hydrogen-bond acceptors (Lipinski definition) is 3. The first-order valence-corrected chi connectivity index (χ1v) is 9.88. The van der Waals surface area contributed by atoms with E-state index in [0.717, 1.165) is 30.5 Å². The van der Waals surface area contributed by atoms with E-state index in [9.17, 15) is 18.7 Å². The molecule has 4 rings (SSSR count). The molecule has 1 saturated carbocycles. The van der Waals surface area contributed by atoms with Crippen LogP contribution in [0.3, 0.4) is 0 Å². The van der Waals surface area contributed by atoms with Gasteiger partial charge in [0.15, 0.2) is 0 Å². The number of amides is 1. The lowest BCUT2D eigenvalue weighted by molar-refractivity contribution is 0.0718. The Morgan fingerprint density at radius 2 is 2.00 bits per heavy atom. The van der Waals surface area contributed by atoms with Crippen molar-refractivity contribution in [3.05, 3.63) is 64.6 Å². The van der Waals surface area contributed by atoms with Crippen molar-refractivity contribution in [1.82, 2.24) is 14.9 Å². The number of pyridine rings is 1. The van der Waals surface area contributed by atoms with Crippen molar-refractivity contribution >= 4 is 28.4 Å². The fourth-order valence-electron chi connectivity index (χ4n) is 3.92. The number of nitrogens with one attached hydrogen (secondary N) is 1. The summed E-state index contributed by atoms with van der Waals surface area (Å²) < 4.78 is 30.7. The maximum atomic E-state index is 14.6. The van der Waals surface area contributed by atoms with E-state index in [1.807, 2.05) is 0 Å². The summed E-state index contributed by atoms with van der Waals surface area (Å²) in [4.78, 5) is 16.8. The van der Waals surface area contributed by atoms with Crippen molar-refractivity contribution in [3.63, 3.8) is 0 Å². The third-order valence-electron chi connectivity index (χ3n) is 5.35. The molecule has 0 saturated heterocycles. The van der Waals surface area contributed by atoms with Gasteiger partial charge in [0.2, 0.25) is 0 Å². The first kappa shape index (κ1) is 19.8. The Hall–Kier alpha value is -2.51. The van der Waals surface area contributed by atoms with E-state index in [0.29, 0.717) is 12.8 Å². The van der Waals surface area contributed by atoms with Gasteiger partial charge in [0.1, 0.15) is 16.8 Å². The molecule has 2 atom stereocenters. The monoisotopic (exact) mass is 419 g/mol. The first-order chi connectivity index (χ1) is 13.9. The van der Waals surface area contributed by atoms with E-state index in [2.05, 4.69) is 10.3 Å². The van der Waals surface area contributed by atoms with Gasteiger partial charge in [0.25, 0.3) is 5.91 Å². The lowest BCUT2D eigenvalue weighted by atomic mass is 9.92. The summed E-state index contributed by atoms with van der Waals surface area (Å²) in [7, 11) is 0. The molecule has 5 nitrogen and oxygen atoms in total. The van der Waals surface area contributed by atoms with Gasteiger partial charge < -0.3 is 15.0 Å². The van der Waals surface area contributed by atoms with Crippen LogP contribution in [0, 0.1) is 11.6 Å². The Morgan fingerprint density at radius 3 is 2.76 bits per heavy atom. The van der Waals surface area contributed by atoms with Gasteiger partial charge in [-0.3, -0.25) is 4.79 Å². The van der Waals surface area contributed by atoms with Crippen LogP contribution in [0.25, 0.3) is 10.9 Å². The quantitative estimate of drug-likeness (QED) is 0.627. The SMILES string of the molecule is O=C(N[C@H]1CCCCC1O)c1cn(Cc2ccnc(Cl)c2)c2c(F)ccc(F)c12. The molecule has 2 N–H and O–H groups in total. The highest BCUT2D eigenvalue weighted by Gasteiger charge is 2.27. The van der Waals surface area contributed by atoms with Crippen molar-refractivity contribution < 1.29 is 18.7 Å². The van der Waals surface area contributed by atoms with Crippen molar-refractivity contribution in [1.29, 1.82) is 0 Å². The van der Waals surface area contributed by atoms with Crippen molar-refractivity contribution in [3.8, 4) is 0 Å². The van der Waals surface area contributed by atoms with E-state index >= 15 is 0 Å². The van der Waals surface area contributed by atoms with Gasteiger partial charge in [0.05, 0.1) is 28.6 Å². The maximum absolute atomic E-state index is 14.6. The number of hydrogen-bond donors (Lipinski definition) is 2. The summed E-state index contributed by atoms with van der Waals surface area (Å²) in [6.45, 7) is 0.193. The number of carbonyl (C=O) groups excluding carboxylic acids is 1. The average molecular weight is 420 g/mol. The fourth-order valence-corrected chi connectivity index (χ4v) is 4.12. The molecular formula is C21H20ClF2N3O2. The third kappa shape index (κ3) is 3.97. The number of halogens is 3. The smallest absolute Gasteiger partial charge is 0.253 e. The zero-order chi connectivity index (χ0) is 20.5. The number of fused-ring (bicyclic) bond motifs is 1. The van der Waals surface area contributed by atoms with E-state index in [-0.39, 0.29) is 28.2 Å². The summed E-state index contributed by atoms with van der Waals surface area (Å²) >= 11 is 5.92. The minimum Gasteiger partial charge on any atom is -0.391 e. The summed E-state index contributed by atoms with van der Waals surface area (Å²) in [6.07, 6.45) is 5.39. The number of carbonyl (C=O) groups is 1. The Kier molecular flexibility index (Phi) is 5.52. The number of aromatic nitrogens is 2. The standard InChI is InChI=1S/C21H20ClF2N3O2/c22-18-9-12(7-8-25-18)10-27-11-13(19-14(23)5-6-15(24)20(19)27)21(29)26-16-3-1-2-4-17(16)28/h5-9,11,16-17,28H,1-4,10H2,(H,26,29)/t16-,17?/m0/s1. The zero-order valence-electron chi connectivity index (χ0n) is 15.5. The van der Waals surface area contributed by atoms with Crippen LogP contribution < -0.4 is 5.32 Å². The molecule has 1 amide bonds. The van der Waals surface area contributed by atoms with Crippen LogP contribution in [0.15, 0.2) is 36.7 Å². The lowest BCUT2D eigenvalue weighted by Gasteiger charge is -2.28. The Labute approximate surface area is 171 Å². The Morgan fingerprint density at radius 1 is 1.24 bits per heavy atom. The molecule has 152 valence electrons. The highest BCUT2D eigenvalue weighted by Crippen LogP contribution is 2.29. The molecule has 2 heterocycles. The van der Waals surface area contributed by atoms with Crippen molar-refractivity contribution in [2.24, 2.45) is 0 Å². The van der Waals surface area contributed by atoms with E-state index < -0.39 is 29.7 Å². The molecule has 1 fully saturated rings. The molecule has 0 bridgehead atoms. The Bertz CT molecular complexity index is 1070. The van der Waals surface area contributed by atoms with Crippen molar-refractivity contribution in [2.45, 2.75) is 44.4 Å². The summed E-state index contributed by atoms with van der Waals surface area (Å²) in [5.74, 6) is -1.84. The van der Waals surface area contributed by atoms with Crippen molar-refractivity contribution in [2.75, 3.05) is 0 Å². The largest absolute Gasteiger partial charge is 0.391 e. The van der Waals surface area contributed by atoms with Gasteiger partial charge in [0, 0.05) is 18.9 Å². The normalized spacial score (nSPS) is 19.4. The molecule has 1 aromatic carbocycles. The topological polar surface area (TPSA) is 67.2 Å². The molecule has 1 aliphatic carbocycles. The van der Waals surface area contributed by atoms with Gasteiger partial charge in [-0.25, -0.2) is 13.8 Å². The molecule has 0 radical (unpaired) electrons. The van der Waals surface area contributed by atoms with Crippen LogP contribution in [0.5, 0.6) is 0 Å². The van der Waals surface area contributed by atoms with Gasteiger partial charge in [-0.1, -0.05) is 24.4 Å². The second kappa shape index (κ2) is 8.08. The second-order valence-corrected chi connectivity index (χ2v) is 7.73. The highest BCUT2D eigenvalue weighted by atomic mass is 35.5. The summed E-state index contributed by atoms with van der Waals surface area (Å²) in [5, 5.41) is 13.1. The molecule has 1 aliphatic rings. The minimum absolute atomic E-state index is 0.00674. The number of aliphatic hydroxyl groups is 1. The summed E-state index contributed by atoms with van der Waals surface area (Å²) in [6, 6.07) is 5.00. The molecule has 8 heteroatoms. The number of rotatable bonds is 4. The van der Waals surface area contributed by atoms with Gasteiger partial charge >= 0.3 is 0 Å². The van der Waals surface area contributed by atoms with Crippen LogP contribution in [0.2, 0.25) is 5.15 Å². The fraction of sp³-hybridized carbons (Fsp3) is 0.333. The first-order valence-electron chi connectivity index (χ1n) is 9.50. The third-order valence-corrected chi connectivity index (χ3v) is 5.56. The van der Waals surface area contributed by atoms with Gasteiger partial charge in [-0.15, -0.1) is 0 Å². The van der Waals surface area contributed by atoms with E-state index in [4.69, 9.17) is 11.6 Å². The van der Waals surface area contributed by atoms with Crippen LogP contribution in [-0.2, 0) is 6.54 Å². The van der Waals surface area contributed by atoms with E-state index in [1.165, 1.54) is 17.0 Å². The molecule has 29 heavy (non-hydrogen) atoms. The van der Waals surface area contributed by atoms with Gasteiger partial charge in [-0.2, -0.15) is 0 Å². The maximum Gasteiger partial charge on any atom is 0.253 e. The van der Waals surface area contributed by atoms with Crippen LogP contribution in [0.1, 0.15) is 41.6 Å². The molecule has 0 aliphatic heterocycles. The average Bonchev–Trinajstić information content (AvgIpc) is 3.07. The molecule has 3 aromatic rings. The minimum atomic E-state index is -0.678. The zero-order valence-corrected chi connectivity index (χ0v) is 16.3. The second-order valence-electron chi connectivity index (χ2n) is 7.34. The molecular weight excluding hydrogens is 400 g/mol. The number of benzene rings is 1. The number of nitrogens with zero attached hydrogens (tertiary/aromatic N) is 2. The predicted octanol–water partition coefficient (Wildman–Crippen LogP) is 4.05. The molecule has 1 unspecified atom stereocenters. The number of aliphatic hydroxyl groups excluding tert-OH is 1. The molecule has 0 spiro atoms. The predicted molar refractivity (Wildman–Crippen MR) is 106 cm³/mol. The molecule has 2 aromatic heterocycles. The lowest BCUT2D eigenvalue weighted by Crippen LogP contribution is -2.45. The van der Waals surface area contributed by atoms with Crippen LogP contribution in [0.4, 0.5) is 8.78 Å². The summed E-state index contributed by atoms with van der Waals surface area (Å²) in [5.41, 5.74) is 0.780. The van der Waals surface area contributed by atoms with Gasteiger partial charge in [-0.05, 0) is 42.7 Å².